The predicted octanol–water partition coefficient (Wildman–Crippen LogP) is 5.02. The Morgan fingerprint density at radius 1 is 0.960 bits per heavy atom. The van der Waals surface area contributed by atoms with E-state index in [2.05, 4.69) is 10.5 Å². The zero-order valence-corrected chi connectivity index (χ0v) is 13.7. The average molecular weight is 331 g/mol. The van der Waals surface area contributed by atoms with E-state index in [0.29, 0.717) is 5.56 Å². The van der Waals surface area contributed by atoms with Crippen molar-refractivity contribution in [1.29, 1.82) is 0 Å². The normalized spacial score (nSPS) is 10.8. The molecule has 0 saturated carbocycles. The molecule has 124 valence electrons. The van der Waals surface area contributed by atoms with E-state index >= 15 is 0 Å². The summed E-state index contributed by atoms with van der Waals surface area (Å²) in [6.45, 7) is 2.02. The molecule has 0 aliphatic rings. The maximum absolute atomic E-state index is 11.3. The molecule has 0 unspecified atom stereocenters. The summed E-state index contributed by atoms with van der Waals surface area (Å²) in [5.41, 5.74) is 7.24. The molecule has 0 bridgehead atoms. The Labute approximate surface area is 145 Å². The van der Waals surface area contributed by atoms with E-state index < -0.39 is 4.92 Å². The lowest BCUT2D eigenvalue weighted by atomic mass is 10.0. The monoisotopic (exact) mass is 331 g/mol. The molecule has 0 atom stereocenters. The molecule has 0 aliphatic heterocycles. The summed E-state index contributed by atoms with van der Waals surface area (Å²) in [5, 5.41) is 15.4. The largest absolute Gasteiger partial charge is 0.279 e. The molecule has 3 aromatic rings. The van der Waals surface area contributed by atoms with Crippen LogP contribution in [0.4, 0.5) is 11.4 Å². The first-order valence-electron chi connectivity index (χ1n) is 7.83. The van der Waals surface area contributed by atoms with Crippen LogP contribution in [-0.4, -0.2) is 11.1 Å². The summed E-state index contributed by atoms with van der Waals surface area (Å²) in [5.74, 6) is 0. The van der Waals surface area contributed by atoms with Crippen molar-refractivity contribution in [1.82, 2.24) is 0 Å². The molecular formula is C20H17N3O2. The van der Waals surface area contributed by atoms with Crippen LogP contribution in [0, 0.1) is 17.0 Å². The molecule has 0 radical (unpaired) electrons. The van der Waals surface area contributed by atoms with Crippen LogP contribution in [-0.2, 0) is 0 Å². The fourth-order valence-electron chi connectivity index (χ4n) is 2.44. The fraction of sp³-hybridized carbons (Fsp3) is 0.0500. The summed E-state index contributed by atoms with van der Waals surface area (Å²) in [6.07, 6.45) is 1.48. The van der Waals surface area contributed by atoms with Gasteiger partial charge in [0.05, 0.1) is 22.4 Å². The van der Waals surface area contributed by atoms with E-state index in [-0.39, 0.29) is 5.69 Å². The van der Waals surface area contributed by atoms with Gasteiger partial charge in [-0.05, 0) is 42.3 Å². The number of nitro benzene ring substituents is 1. The van der Waals surface area contributed by atoms with Crippen LogP contribution >= 0.6 is 0 Å². The van der Waals surface area contributed by atoms with Gasteiger partial charge in [-0.2, -0.15) is 5.10 Å². The van der Waals surface area contributed by atoms with Gasteiger partial charge in [-0.15, -0.1) is 0 Å². The van der Waals surface area contributed by atoms with Crippen LogP contribution in [0.2, 0.25) is 0 Å². The number of hydrazone groups is 1. The van der Waals surface area contributed by atoms with Gasteiger partial charge in [-0.25, -0.2) is 0 Å². The zero-order chi connectivity index (χ0) is 17.6. The summed E-state index contributed by atoms with van der Waals surface area (Å²) >= 11 is 0. The molecule has 0 aromatic heterocycles. The first kappa shape index (κ1) is 16.4. The van der Waals surface area contributed by atoms with Crippen LogP contribution in [0.3, 0.4) is 0 Å². The van der Waals surface area contributed by atoms with Gasteiger partial charge in [0, 0.05) is 6.07 Å². The molecule has 3 aromatic carbocycles. The van der Waals surface area contributed by atoms with Crippen molar-refractivity contribution in [3.63, 3.8) is 0 Å². The third kappa shape index (κ3) is 4.09. The number of nitrogens with one attached hydrogen (secondary N) is 1. The lowest BCUT2D eigenvalue weighted by molar-refractivity contribution is -0.385. The lowest BCUT2D eigenvalue weighted by Gasteiger charge is -2.05. The molecule has 0 aliphatic carbocycles. The summed E-state index contributed by atoms with van der Waals surface area (Å²) < 4.78 is 0. The van der Waals surface area contributed by atoms with E-state index in [0.717, 1.165) is 16.8 Å². The van der Waals surface area contributed by atoms with Crippen LogP contribution in [0.5, 0.6) is 0 Å². The minimum absolute atomic E-state index is 0.0227. The van der Waals surface area contributed by atoms with Gasteiger partial charge in [0.15, 0.2) is 0 Å². The molecule has 0 spiro atoms. The first-order chi connectivity index (χ1) is 12.1. The Balaban J connectivity index is 1.91. The van der Waals surface area contributed by atoms with Crippen molar-refractivity contribution in [3.05, 3.63) is 94.0 Å². The van der Waals surface area contributed by atoms with Crippen molar-refractivity contribution in [2.75, 3.05) is 5.43 Å². The first-order valence-corrected chi connectivity index (χ1v) is 7.83. The van der Waals surface area contributed by atoms with E-state index in [1.807, 2.05) is 61.5 Å². The Morgan fingerprint density at radius 3 is 2.32 bits per heavy atom. The van der Waals surface area contributed by atoms with Crippen molar-refractivity contribution < 1.29 is 4.92 Å². The number of benzene rings is 3. The lowest BCUT2D eigenvalue weighted by Crippen LogP contribution is -1.97. The standard InChI is InChI=1S/C20H17N3O2/c1-15-7-9-16(10-8-15)17-11-12-20(23(24)25)18(13-17)14-21-22-19-5-3-2-4-6-19/h2-14,22H,1H3. The van der Waals surface area contributed by atoms with E-state index in [1.54, 1.807) is 12.1 Å². The van der Waals surface area contributed by atoms with Crippen molar-refractivity contribution in [2.45, 2.75) is 6.92 Å². The molecule has 0 amide bonds. The van der Waals surface area contributed by atoms with Crippen molar-refractivity contribution in [3.8, 4) is 11.1 Å². The molecule has 25 heavy (non-hydrogen) atoms. The molecule has 5 nitrogen and oxygen atoms in total. The average Bonchev–Trinajstić information content (AvgIpc) is 2.63. The Morgan fingerprint density at radius 2 is 1.64 bits per heavy atom. The molecule has 0 fully saturated rings. The molecular weight excluding hydrogens is 314 g/mol. The van der Waals surface area contributed by atoms with Gasteiger partial charge in [-0.3, -0.25) is 15.5 Å². The Hall–Kier alpha value is -3.47. The maximum atomic E-state index is 11.3. The molecule has 5 heteroatoms. The second-order valence-corrected chi connectivity index (χ2v) is 5.63. The van der Waals surface area contributed by atoms with Crippen molar-refractivity contribution in [2.24, 2.45) is 5.10 Å². The maximum Gasteiger partial charge on any atom is 0.278 e. The number of anilines is 1. The van der Waals surface area contributed by atoms with Crippen LogP contribution in [0.1, 0.15) is 11.1 Å². The van der Waals surface area contributed by atoms with Gasteiger partial charge in [0.25, 0.3) is 5.69 Å². The highest BCUT2D eigenvalue weighted by Crippen LogP contribution is 2.26. The number of para-hydroxylation sites is 1. The number of hydrogen-bond donors (Lipinski definition) is 1. The second-order valence-electron chi connectivity index (χ2n) is 5.63. The van der Waals surface area contributed by atoms with E-state index in [1.165, 1.54) is 17.8 Å². The van der Waals surface area contributed by atoms with Crippen LogP contribution in [0.25, 0.3) is 11.1 Å². The number of hydrogen-bond acceptors (Lipinski definition) is 4. The smallest absolute Gasteiger partial charge is 0.278 e. The highest BCUT2D eigenvalue weighted by Gasteiger charge is 2.13. The summed E-state index contributed by atoms with van der Waals surface area (Å²) in [7, 11) is 0. The second kappa shape index (κ2) is 7.40. The van der Waals surface area contributed by atoms with Crippen LogP contribution in [0.15, 0.2) is 77.9 Å². The number of nitrogens with zero attached hydrogens (tertiary/aromatic N) is 2. The Bertz CT molecular complexity index is 904. The van der Waals surface area contributed by atoms with Gasteiger partial charge >= 0.3 is 0 Å². The highest BCUT2D eigenvalue weighted by atomic mass is 16.6. The number of nitro groups is 1. The molecule has 0 heterocycles. The molecule has 1 N–H and O–H groups in total. The summed E-state index contributed by atoms with van der Waals surface area (Å²) in [6, 6.07) is 22.5. The Kier molecular flexibility index (Phi) is 4.85. The van der Waals surface area contributed by atoms with E-state index in [4.69, 9.17) is 0 Å². The quantitative estimate of drug-likeness (QED) is 0.406. The molecule has 0 saturated heterocycles. The van der Waals surface area contributed by atoms with Crippen LogP contribution < -0.4 is 5.43 Å². The van der Waals surface area contributed by atoms with Gasteiger partial charge in [0.2, 0.25) is 0 Å². The SMILES string of the molecule is Cc1ccc(-c2ccc([N+](=O)[O-])c(C=NNc3ccccc3)c2)cc1. The third-order valence-corrected chi connectivity index (χ3v) is 3.78. The number of aryl methyl sites for hydroxylation is 1. The van der Waals surface area contributed by atoms with Crippen molar-refractivity contribution >= 4 is 17.6 Å². The topological polar surface area (TPSA) is 67.5 Å². The minimum Gasteiger partial charge on any atom is -0.279 e. The predicted molar refractivity (Wildman–Crippen MR) is 101 cm³/mol. The fourth-order valence-corrected chi connectivity index (χ4v) is 2.44. The van der Waals surface area contributed by atoms with Gasteiger partial charge in [-0.1, -0.05) is 48.0 Å². The number of rotatable bonds is 5. The zero-order valence-electron chi connectivity index (χ0n) is 13.7. The summed E-state index contributed by atoms with van der Waals surface area (Å²) in [4.78, 5) is 10.9. The van der Waals surface area contributed by atoms with Gasteiger partial charge in [0.1, 0.15) is 0 Å². The van der Waals surface area contributed by atoms with E-state index in [9.17, 15) is 10.1 Å². The highest BCUT2D eigenvalue weighted by molar-refractivity contribution is 5.88. The third-order valence-electron chi connectivity index (χ3n) is 3.78. The minimum atomic E-state index is -0.400. The van der Waals surface area contributed by atoms with Gasteiger partial charge < -0.3 is 0 Å². The molecule has 3 rings (SSSR count).